The number of rotatable bonds is 2. The van der Waals surface area contributed by atoms with Crippen molar-refractivity contribution >= 4 is 17.3 Å². The van der Waals surface area contributed by atoms with Crippen LogP contribution in [0, 0.1) is 18.3 Å². The molecule has 1 aromatic rings. The minimum absolute atomic E-state index is 0.161. The van der Waals surface area contributed by atoms with Gasteiger partial charge in [0.05, 0.1) is 10.6 Å². The van der Waals surface area contributed by atoms with Gasteiger partial charge in [0.15, 0.2) is 0 Å². The van der Waals surface area contributed by atoms with Crippen LogP contribution in [0.5, 0.6) is 0 Å². The maximum Gasteiger partial charge on any atom is 0.234 e. The summed E-state index contributed by atoms with van der Waals surface area (Å²) in [5.41, 5.74) is 2.33. The third kappa shape index (κ3) is 1.95. The SMILES string of the molecule is CO[C@]1(O)C(c2ccc(C#N)c(Cl)c2C)=NN2CCC[C@H]21. The average Bonchev–Trinajstić information content (AvgIpc) is 3.05. The van der Waals surface area contributed by atoms with Gasteiger partial charge >= 0.3 is 0 Å². The van der Waals surface area contributed by atoms with E-state index in [2.05, 4.69) is 11.2 Å². The molecule has 0 aliphatic carbocycles. The van der Waals surface area contributed by atoms with Crippen LogP contribution in [0.3, 0.4) is 0 Å². The largest absolute Gasteiger partial charge is 0.359 e. The van der Waals surface area contributed by atoms with E-state index in [1.807, 2.05) is 11.9 Å². The minimum atomic E-state index is -1.43. The predicted octanol–water partition coefficient (Wildman–Crippen LogP) is 2.04. The van der Waals surface area contributed by atoms with Crippen LogP contribution in [0.4, 0.5) is 0 Å². The number of ether oxygens (including phenoxy) is 1. The Morgan fingerprint density at radius 3 is 3.00 bits per heavy atom. The Bertz CT molecular complexity index is 668. The predicted molar refractivity (Wildman–Crippen MR) is 79.1 cm³/mol. The fourth-order valence-corrected chi connectivity index (χ4v) is 3.34. The van der Waals surface area contributed by atoms with E-state index >= 15 is 0 Å². The molecule has 1 N–H and O–H groups in total. The second-order valence-electron chi connectivity index (χ2n) is 5.38. The summed E-state index contributed by atoms with van der Waals surface area (Å²) >= 11 is 6.22. The summed E-state index contributed by atoms with van der Waals surface area (Å²) in [6, 6.07) is 5.31. The van der Waals surface area contributed by atoms with E-state index in [4.69, 9.17) is 21.6 Å². The maximum atomic E-state index is 10.9. The average molecular weight is 306 g/mol. The Morgan fingerprint density at radius 1 is 1.57 bits per heavy atom. The standard InChI is InChI=1S/C15H16ClN3O2/c1-9-11(6-5-10(8-17)13(9)16)14-15(20,21-2)12-4-3-7-19(12)18-14/h5-6,12,20H,3-4,7H2,1-2H3/t12-,15-/m0/s1. The van der Waals surface area contributed by atoms with E-state index in [1.165, 1.54) is 7.11 Å². The number of halogens is 1. The monoisotopic (exact) mass is 305 g/mol. The molecule has 0 amide bonds. The lowest BCUT2D eigenvalue weighted by molar-refractivity contribution is -0.155. The van der Waals surface area contributed by atoms with Gasteiger partial charge in [-0.1, -0.05) is 17.7 Å². The zero-order chi connectivity index (χ0) is 15.2. The Morgan fingerprint density at radius 2 is 2.33 bits per heavy atom. The second-order valence-corrected chi connectivity index (χ2v) is 5.76. The highest BCUT2D eigenvalue weighted by Gasteiger charge is 2.53. The van der Waals surface area contributed by atoms with Crippen molar-refractivity contribution in [2.45, 2.75) is 31.6 Å². The highest BCUT2D eigenvalue weighted by molar-refractivity contribution is 6.33. The van der Waals surface area contributed by atoms with Crippen molar-refractivity contribution < 1.29 is 9.84 Å². The van der Waals surface area contributed by atoms with Gasteiger partial charge in [-0.3, -0.25) is 5.01 Å². The summed E-state index contributed by atoms with van der Waals surface area (Å²) in [5, 5.41) is 26.8. The van der Waals surface area contributed by atoms with Gasteiger partial charge in [-0.2, -0.15) is 10.4 Å². The lowest BCUT2D eigenvalue weighted by Crippen LogP contribution is -2.49. The minimum Gasteiger partial charge on any atom is -0.359 e. The zero-order valence-electron chi connectivity index (χ0n) is 11.9. The van der Waals surface area contributed by atoms with Crippen LogP contribution >= 0.6 is 11.6 Å². The number of methoxy groups -OCH3 is 1. The number of fused-ring (bicyclic) bond motifs is 1. The quantitative estimate of drug-likeness (QED) is 0.849. The van der Waals surface area contributed by atoms with Crippen molar-refractivity contribution in [1.29, 1.82) is 5.26 Å². The van der Waals surface area contributed by atoms with Crippen molar-refractivity contribution in [3.63, 3.8) is 0 Å². The molecule has 2 aliphatic heterocycles. The first-order chi connectivity index (χ1) is 10.0. The molecule has 1 saturated heterocycles. The van der Waals surface area contributed by atoms with Gasteiger partial charge in [0.1, 0.15) is 17.8 Å². The van der Waals surface area contributed by atoms with E-state index in [0.717, 1.165) is 30.5 Å². The van der Waals surface area contributed by atoms with Crippen LogP contribution < -0.4 is 0 Å². The van der Waals surface area contributed by atoms with E-state index in [9.17, 15) is 5.11 Å². The molecular formula is C15H16ClN3O2. The molecule has 0 bridgehead atoms. The van der Waals surface area contributed by atoms with Crippen LogP contribution in [0.25, 0.3) is 0 Å². The number of aliphatic hydroxyl groups is 1. The highest BCUT2D eigenvalue weighted by atomic mass is 35.5. The Hall–Kier alpha value is -1.61. The summed E-state index contributed by atoms with van der Waals surface area (Å²) < 4.78 is 5.41. The first kappa shape index (κ1) is 14.3. The molecule has 2 atom stereocenters. The molecule has 5 nitrogen and oxygen atoms in total. The number of nitrogens with zero attached hydrogens (tertiary/aromatic N) is 3. The molecule has 21 heavy (non-hydrogen) atoms. The molecule has 0 radical (unpaired) electrons. The molecule has 2 aliphatic rings. The first-order valence-electron chi connectivity index (χ1n) is 6.85. The van der Waals surface area contributed by atoms with Crippen LogP contribution in [0.1, 0.15) is 29.5 Å². The lowest BCUT2D eigenvalue weighted by atomic mass is 9.92. The highest BCUT2D eigenvalue weighted by Crippen LogP contribution is 2.38. The molecule has 2 heterocycles. The Balaban J connectivity index is 2.12. The van der Waals surface area contributed by atoms with Crippen molar-refractivity contribution in [3.8, 4) is 6.07 Å². The van der Waals surface area contributed by atoms with E-state index in [1.54, 1.807) is 12.1 Å². The van der Waals surface area contributed by atoms with Gasteiger partial charge in [-0.05, 0) is 31.4 Å². The van der Waals surface area contributed by atoms with Crippen molar-refractivity contribution in [2.24, 2.45) is 5.10 Å². The summed E-state index contributed by atoms with van der Waals surface area (Å²) in [6.45, 7) is 2.63. The summed E-state index contributed by atoms with van der Waals surface area (Å²) in [6.07, 6.45) is 1.82. The van der Waals surface area contributed by atoms with E-state index < -0.39 is 5.79 Å². The third-order valence-corrected chi connectivity index (χ3v) is 4.80. The zero-order valence-corrected chi connectivity index (χ0v) is 12.7. The number of nitriles is 1. The molecule has 3 rings (SSSR count). The van der Waals surface area contributed by atoms with E-state index in [-0.39, 0.29) is 6.04 Å². The molecule has 0 aromatic heterocycles. The molecule has 1 aromatic carbocycles. The lowest BCUT2D eigenvalue weighted by Gasteiger charge is -2.29. The molecule has 0 unspecified atom stereocenters. The van der Waals surface area contributed by atoms with Crippen molar-refractivity contribution in [1.82, 2.24) is 5.01 Å². The molecule has 0 saturated carbocycles. The van der Waals surface area contributed by atoms with Gasteiger partial charge in [0, 0.05) is 19.2 Å². The Kier molecular flexibility index (Phi) is 3.40. The van der Waals surface area contributed by atoms with Crippen LogP contribution in [0.2, 0.25) is 5.02 Å². The molecule has 0 spiro atoms. The number of hydrogen-bond acceptors (Lipinski definition) is 5. The van der Waals surface area contributed by atoms with Crippen molar-refractivity contribution in [2.75, 3.05) is 13.7 Å². The number of hydrazone groups is 1. The summed E-state index contributed by atoms with van der Waals surface area (Å²) in [4.78, 5) is 0. The Labute approximate surface area is 128 Å². The van der Waals surface area contributed by atoms with Crippen LogP contribution in [0.15, 0.2) is 17.2 Å². The number of hydrogen-bond donors (Lipinski definition) is 1. The van der Waals surface area contributed by atoms with Crippen molar-refractivity contribution in [3.05, 3.63) is 33.8 Å². The van der Waals surface area contributed by atoms with Crippen LogP contribution in [-0.2, 0) is 4.74 Å². The van der Waals surface area contributed by atoms with Gasteiger partial charge in [0.25, 0.3) is 0 Å². The van der Waals surface area contributed by atoms with Gasteiger partial charge < -0.3 is 9.84 Å². The molecular weight excluding hydrogens is 290 g/mol. The molecule has 1 fully saturated rings. The normalized spacial score (nSPS) is 27.5. The van der Waals surface area contributed by atoms with Crippen LogP contribution in [-0.4, -0.2) is 41.3 Å². The third-order valence-electron chi connectivity index (χ3n) is 4.32. The number of benzene rings is 1. The molecule has 110 valence electrons. The topological polar surface area (TPSA) is 68.8 Å². The van der Waals surface area contributed by atoms with Gasteiger partial charge in [-0.15, -0.1) is 0 Å². The van der Waals surface area contributed by atoms with Gasteiger partial charge in [-0.25, -0.2) is 0 Å². The maximum absolute atomic E-state index is 10.9. The summed E-state index contributed by atoms with van der Waals surface area (Å²) in [5.74, 6) is -1.43. The fraction of sp³-hybridized carbons (Fsp3) is 0.467. The van der Waals surface area contributed by atoms with E-state index in [0.29, 0.717) is 16.3 Å². The first-order valence-corrected chi connectivity index (χ1v) is 7.23. The second kappa shape index (κ2) is 4.99. The molecule has 6 heteroatoms. The smallest absolute Gasteiger partial charge is 0.234 e. The van der Waals surface area contributed by atoms with Gasteiger partial charge in [0.2, 0.25) is 5.79 Å². The summed E-state index contributed by atoms with van der Waals surface area (Å²) in [7, 11) is 1.48. The fourth-order valence-electron chi connectivity index (χ4n) is 3.13.